The Labute approximate surface area is 146 Å². The summed E-state index contributed by atoms with van der Waals surface area (Å²) in [4.78, 5) is 31.1. The Morgan fingerprint density at radius 2 is 1.84 bits per heavy atom. The van der Waals surface area contributed by atoms with E-state index in [1.807, 2.05) is 17.0 Å². The van der Waals surface area contributed by atoms with Crippen molar-refractivity contribution in [2.75, 3.05) is 20.2 Å². The molecule has 1 aliphatic heterocycles. The first-order chi connectivity index (χ1) is 12.0. The number of hydrogen-bond donors (Lipinski definition) is 1. The van der Waals surface area contributed by atoms with E-state index in [2.05, 4.69) is 4.98 Å². The minimum atomic E-state index is -1.11. The minimum absolute atomic E-state index is 0.0610. The highest BCUT2D eigenvalue weighted by Gasteiger charge is 2.42. The highest BCUT2D eigenvalue weighted by atomic mass is 16.5. The van der Waals surface area contributed by atoms with Crippen molar-refractivity contribution in [3.8, 4) is 5.75 Å². The molecule has 1 atom stereocenters. The Morgan fingerprint density at radius 1 is 1.20 bits per heavy atom. The molecule has 2 amide bonds. The van der Waals surface area contributed by atoms with Crippen LogP contribution in [0.25, 0.3) is 0 Å². The quantitative estimate of drug-likeness (QED) is 0.889. The SMILES string of the molecule is COc1ccc(C(C)(C(=O)N2CCCC2)n2ccnc2C(N)=O)cc1. The van der Waals surface area contributed by atoms with E-state index in [0.29, 0.717) is 18.8 Å². The van der Waals surface area contributed by atoms with E-state index in [1.165, 1.54) is 6.20 Å². The summed E-state index contributed by atoms with van der Waals surface area (Å²) in [5.41, 5.74) is 5.09. The van der Waals surface area contributed by atoms with E-state index < -0.39 is 11.4 Å². The van der Waals surface area contributed by atoms with Crippen LogP contribution in [0.4, 0.5) is 0 Å². The number of aromatic nitrogens is 2. The summed E-state index contributed by atoms with van der Waals surface area (Å²) in [6, 6.07) is 7.26. The van der Waals surface area contributed by atoms with Crippen LogP contribution in [0, 0.1) is 0 Å². The third kappa shape index (κ3) is 2.86. The van der Waals surface area contributed by atoms with Crippen molar-refractivity contribution >= 4 is 11.8 Å². The molecule has 1 fully saturated rings. The maximum atomic E-state index is 13.4. The highest BCUT2D eigenvalue weighted by Crippen LogP contribution is 2.32. The van der Waals surface area contributed by atoms with Crippen molar-refractivity contribution in [3.63, 3.8) is 0 Å². The van der Waals surface area contributed by atoms with E-state index in [4.69, 9.17) is 10.5 Å². The van der Waals surface area contributed by atoms with Gasteiger partial charge in [-0.15, -0.1) is 0 Å². The average molecular weight is 342 g/mol. The van der Waals surface area contributed by atoms with Gasteiger partial charge in [-0.05, 0) is 37.5 Å². The number of carbonyl (C=O) groups is 2. The maximum Gasteiger partial charge on any atom is 0.284 e. The summed E-state index contributed by atoms with van der Waals surface area (Å²) in [6.07, 6.45) is 5.07. The van der Waals surface area contributed by atoms with Gasteiger partial charge >= 0.3 is 0 Å². The van der Waals surface area contributed by atoms with Crippen LogP contribution in [0.1, 0.15) is 35.9 Å². The van der Waals surface area contributed by atoms with Gasteiger partial charge in [0.1, 0.15) is 11.3 Å². The van der Waals surface area contributed by atoms with Gasteiger partial charge in [0.15, 0.2) is 5.82 Å². The van der Waals surface area contributed by atoms with Gasteiger partial charge in [0, 0.05) is 25.5 Å². The molecule has 0 bridgehead atoms. The van der Waals surface area contributed by atoms with Crippen LogP contribution in [0.15, 0.2) is 36.7 Å². The molecule has 1 aliphatic rings. The minimum Gasteiger partial charge on any atom is -0.497 e. The van der Waals surface area contributed by atoms with Crippen LogP contribution in [-0.4, -0.2) is 46.5 Å². The van der Waals surface area contributed by atoms with Crippen LogP contribution < -0.4 is 10.5 Å². The van der Waals surface area contributed by atoms with Crippen molar-refractivity contribution in [1.29, 1.82) is 0 Å². The second-order valence-corrected chi connectivity index (χ2v) is 6.29. The van der Waals surface area contributed by atoms with Crippen molar-refractivity contribution in [3.05, 3.63) is 48.0 Å². The van der Waals surface area contributed by atoms with E-state index >= 15 is 0 Å². The van der Waals surface area contributed by atoms with Gasteiger partial charge in [0.25, 0.3) is 11.8 Å². The largest absolute Gasteiger partial charge is 0.497 e. The normalized spacial score (nSPS) is 16.5. The number of methoxy groups -OCH3 is 1. The molecule has 132 valence electrons. The third-order valence-electron chi connectivity index (χ3n) is 4.80. The van der Waals surface area contributed by atoms with Crippen molar-refractivity contribution in [1.82, 2.24) is 14.5 Å². The van der Waals surface area contributed by atoms with Crippen LogP contribution >= 0.6 is 0 Å². The van der Waals surface area contributed by atoms with Gasteiger partial charge in [-0.1, -0.05) is 12.1 Å². The molecular formula is C18H22N4O3. The molecule has 7 nitrogen and oxygen atoms in total. The molecule has 2 N–H and O–H groups in total. The number of nitrogens with zero attached hydrogens (tertiary/aromatic N) is 3. The number of amides is 2. The first-order valence-electron chi connectivity index (χ1n) is 8.26. The van der Waals surface area contributed by atoms with Crippen LogP contribution in [0.5, 0.6) is 5.75 Å². The van der Waals surface area contributed by atoms with Gasteiger partial charge in [-0.2, -0.15) is 0 Å². The summed E-state index contributed by atoms with van der Waals surface area (Å²) in [5.74, 6) is 0.0148. The number of carbonyl (C=O) groups excluding carboxylic acids is 2. The highest BCUT2D eigenvalue weighted by molar-refractivity contribution is 5.93. The zero-order chi connectivity index (χ0) is 18.0. The van der Waals surface area contributed by atoms with Crippen molar-refractivity contribution in [2.24, 2.45) is 5.73 Å². The number of rotatable bonds is 5. The molecule has 0 saturated carbocycles. The summed E-state index contributed by atoms with van der Waals surface area (Å²) in [6.45, 7) is 3.22. The molecule has 0 spiro atoms. The van der Waals surface area contributed by atoms with E-state index in [9.17, 15) is 9.59 Å². The zero-order valence-corrected chi connectivity index (χ0v) is 14.4. The Balaban J connectivity index is 2.14. The maximum absolute atomic E-state index is 13.4. The third-order valence-corrected chi connectivity index (χ3v) is 4.80. The standard InChI is InChI=1S/C18H22N4O3/c1-18(17(24)21-10-3-4-11-21,13-5-7-14(25-2)8-6-13)22-12-9-20-16(22)15(19)23/h5-9,12H,3-4,10-11H2,1-2H3,(H2,19,23). The second-order valence-electron chi connectivity index (χ2n) is 6.29. The van der Waals surface area contributed by atoms with E-state index in [1.54, 1.807) is 36.9 Å². The van der Waals surface area contributed by atoms with Crippen LogP contribution in [0.2, 0.25) is 0 Å². The molecule has 0 radical (unpaired) electrons. The Morgan fingerprint density at radius 3 is 2.40 bits per heavy atom. The number of hydrogen-bond acceptors (Lipinski definition) is 4. The molecule has 2 heterocycles. The smallest absolute Gasteiger partial charge is 0.284 e. The number of nitrogens with two attached hydrogens (primary N) is 1. The molecule has 3 rings (SSSR count). The Kier molecular flexibility index (Phi) is 4.48. The topological polar surface area (TPSA) is 90.4 Å². The van der Waals surface area contributed by atoms with Gasteiger partial charge in [0.05, 0.1) is 7.11 Å². The Bertz CT molecular complexity index is 778. The average Bonchev–Trinajstić information content (AvgIpc) is 3.32. The molecule has 1 aromatic carbocycles. The van der Waals surface area contributed by atoms with Gasteiger partial charge < -0.3 is 19.9 Å². The first-order valence-corrected chi connectivity index (χ1v) is 8.26. The van der Waals surface area contributed by atoms with Gasteiger partial charge in [0.2, 0.25) is 0 Å². The number of imidazole rings is 1. The number of benzene rings is 1. The van der Waals surface area contributed by atoms with Crippen LogP contribution in [-0.2, 0) is 10.3 Å². The fourth-order valence-electron chi connectivity index (χ4n) is 3.36. The number of primary amides is 1. The van der Waals surface area contributed by atoms with Gasteiger partial charge in [-0.25, -0.2) is 4.98 Å². The lowest BCUT2D eigenvalue weighted by Crippen LogP contribution is -2.49. The fraction of sp³-hybridized carbons (Fsp3) is 0.389. The number of likely N-dealkylation sites (tertiary alicyclic amines) is 1. The molecule has 1 saturated heterocycles. The molecule has 1 unspecified atom stereocenters. The molecule has 0 aliphatic carbocycles. The Hall–Kier alpha value is -2.83. The lowest BCUT2D eigenvalue weighted by molar-refractivity contribution is -0.137. The van der Waals surface area contributed by atoms with E-state index in [0.717, 1.165) is 18.4 Å². The van der Waals surface area contributed by atoms with Gasteiger partial charge in [-0.3, -0.25) is 9.59 Å². The fourth-order valence-corrected chi connectivity index (χ4v) is 3.36. The zero-order valence-electron chi connectivity index (χ0n) is 14.4. The molecule has 7 heteroatoms. The predicted octanol–water partition coefficient (Wildman–Crippen LogP) is 1.38. The summed E-state index contributed by atoms with van der Waals surface area (Å²) >= 11 is 0. The van der Waals surface area contributed by atoms with Crippen molar-refractivity contribution < 1.29 is 14.3 Å². The molecular weight excluding hydrogens is 320 g/mol. The summed E-state index contributed by atoms with van der Waals surface area (Å²) in [7, 11) is 1.59. The molecule has 1 aromatic heterocycles. The van der Waals surface area contributed by atoms with Crippen molar-refractivity contribution in [2.45, 2.75) is 25.3 Å². The summed E-state index contributed by atoms with van der Waals surface area (Å²) in [5, 5.41) is 0. The number of ether oxygens (including phenoxy) is 1. The monoisotopic (exact) mass is 342 g/mol. The lowest BCUT2D eigenvalue weighted by Gasteiger charge is -2.35. The summed E-state index contributed by atoms with van der Waals surface area (Å²) < 4.78 is 6.77. The lowest BCUT2D eigenvalue weighted by atomic mass is 9.89. The second kappa shape index (κ2) is 6.58. The van der Waals surface area contributed by atoms with E-state index in [-0.39, 0.29) is 11.7 Å². The van der Waals surface area contributed by atoms with Crippen LogP contribution in [0.3, 0.4) is 0 Å². The predicted molar refractivity (Wildman–Crippen MR) is 92.3 cm³/mol. The molecule has 2 aromatic rings. The first kappa shape index (κ1) is 17.0. The molecule has 25 heavy (non-hydrogen) atoms.